The molecular formula is C20H22N4O2. The minimum atomic E-state index is -0.178. The molecule has 6 nitrogen and oxygen atoms in total. The van der Waals surface area contributed by atoms with Gasteiger partial charge < -0.3 is 14.6 Å². The second-order valence-electron chi connectivity index (χ2n) is 6.59. The quantitative estimate of drug-likeness (QED) is 0.785. The number of hydrogen-bond acceptors (Lipinski definition) is 4. The van der Waals surface area contributed by atoms with Crippen LogP contribution in [-0.2, 0) is 16.0 Å². The maximum Gasteiger partial charge on any atom is 0.223 e. The van der Waals surface area contributed by atoms with Crippen molar-refractivity contribution in [1.82, 2.24) is 19.9 Å². The van der Waals surface area contributed by atoms with E-state index >= 15 is 0 Å². The highest BCUT2D eigenvalue weighted by Crippen LogP contribution is 2.22. The fraction of sp³-hybridized carbons (Fsp3) is 0.350. The van der Waals surface area contributed by atoms with Gasteiger partial charge in [-0.1, -0.05) is 18.2 Å². The number of aromatic nitrogens is 3. The fourth-order valence-electron chi connectivity index (χ4n) is 3.45. The maximum absolute atomic E-state index is 12.7. The van der Waals surface area contributed by atoms with Crippen LogP contribution in [0.4, 0.5) is 0 Å². The molecule has 1 saturated heterocycles. The number of H-pyrrole nitrogens is 1. The van der Waals surface area contributed by atoms with Crippen molar-refractivity contribution in [2.45, 2.75) is 25.9 Å². The maximum atomic E-state index is 12.7. The van der Waals surface area contributed by atoms with Crippen LogP contribution in [0.2, 0.25) is 0 Å². The zero-order chi connectivity index (χ0) is 17.9. The van der Waals surface area contributed by atoms with Gasteiger partial charge in [-0.15, -0.1) is 0 Å². The predicted molar refractivity (Wildman–Crippen MR) is 98.7 cm³/mol. The number of benzene rings is 1. The number of nitrogens with zero attached hydrogens (tertiary/aromatic N) is 3. The standard InChI is InChI=1S/C20H22N4O2/c1-14-21-9-8-18(23-14)19-13-24(10-11-26-19)20(25)7-6-15-12-22-17-5-3-2-4-16(15)17/h2-5,8-9,12,19,22H,6-7,10-11,13H2,1H3/t19-/m1/s1. The van der Waals surface area contributed by atoms with Crippen LogP contribution in [-0.4, -0.2) is 45.5 Å². The Kier molecular flexibility index (Phi) is 4.67. The van der Waals surface area contributed by atoms with Crippen LogP contribution in [0.1, 0.15) is 29.6 Å². The van der Waals surface area contributed by atoms with Crippen molar-refractivity contribution in [3.8, 4) is 0 Å². The summed E-state index contributed by atoms with van der Waals surface area (Å²) in [5.74, 6) is 0.878. The Morgan fingerprint density at radius 1 is 1.35 bits per heavy atom. The third kappa shape index (κ3) is 3.46. The summed E-state index contributed by atoms with van der Waals surface area (Å²) in [6, 6.07) is 10.0. The summed E-state index contributed by atoms with van der Waals surface area (Å²) in [6.45, 7) is 3.57. The van der Waals surface area contributed by atoms with Crippen LogP contribution >= 0.6 is 0 Å². The SMILES string of the molecule is Cc1nccc([C@H]2CN(C(=O)CCc3c[nH]c4ccccc34)CCO2)n1. The highest BCUT2D eigenvalue weighted by atomic mass is 16.5. The van der Waals surface area contributed by atoms with Gasteiger partial charge in [-0.25, -0.2) is 9.97 Å². The minimum absolute atomic E-state index is 0.161. The first-order valence-corrected chi connectivity index (χ1v) is 8.94. The van der Waals surface area contributed by atoms with Gasteiger partial charge in [0.1, 0.15) is 11.9 Å². The molecule has 3 heterocycles. The lowest BCUT2D eigenvalue weighted by Crippen LogP contribution is -2.42. The monoisotopic (exact) mass is 350 g/mol. The molecule has 1 amide bonds. The first kappa shape index (κ1) is 16.7. The summed E-state index contributed by atoms with van der Waals surface area (Å²) in [6.07, 6.45) is 4.79. The molecule has 26 heavy (non-hydrogen) atoms. The number of carbonyl (C=O) groups excluding carboxylic acids is 1. The van der Waals surface area contributed by atoms with E-state index in [2.05, 4.69) is 27.1 Å². The van der Waals surface area contributed by atoms with Gasteiger partial charge in [0.15, 0.2) is 0 Å². The number of fused-ring (bicyclic) bond motifs is 1. The summed E-state index contributed by atoms with van der Waals surface area (Å²) in [5, 5.41) is 1.19. The van der Waals surface area contributed by atoms with E-state index in [0.29, 0.717) is 31.9 Å². The Balaban J connectivity index is 1.40. The van der Waals surface area contributed by atoms with Gasteiger partial charge in [0.2, 0.25) is 5.91 Å². The van der Waals surface area contributed by atoms with Crippen LogP contribution < -0.4 is 0 Å². The molecule has 1 N–H and O–H groups in total. The third-order valence-corrected chi connectivity index (χ3v) is 4.83. The topological polar surface area (TPSA) is 71.1 Å². The van der Waals surface area contributed by atoms with Crippen molar-refractivity contribution >= 4 is 16.8 Å². The second kappa shape index (κ2) is 7.25. The average molecular weight is 350 g/mol. The zero-order valence-electron chi connectivity index (χ0n) is 14.8. The highest BCUT2D eigenvalue weighted by molar-refractivity contribution is 5.84. The molecule has 6 heteroatoms. The lowest BCUT2D eigenvalue weighted by atomic mass is 10.1. The number of aromatic amines is 1. The predicted octanol–water partition coefficient (Wildman–Crippen LogP) is 2.80. The normalized spacial score (nSPS) is 17.6. The van der Waals surface area contributed by atoms with Crippen molar-refractivity contribution in [3.05, 3.63) is 59.8 Å². The van der Waals surface area contributed by atoms with E-state index in [0.717, 1.165) is 17.6 Å². The van der Waals surface area contributed by atoms with Crippen LogP contribution in [0.5, 0.6) is 0 Å². The molecule has 0 unspecified atom stereocenters. The number of aryl methyl sites for hydroxylation is 2. The van der Waals surface area contributed by atoms with Crippen molar-refractivity contribution in [3.63, 3.8) is 0 Å². The summed E-state index contributed by atoms with van der Waals surface area (Å²) in [4.78, 5) is 26.4. The molecule has 0 bridgehead atoms. The lowest BCUT2D eigenvalue weighted by molar-refractivity contribution is -0.139. The smallest absolute Gasteiger partial charge is 0.223 e. The molecule has 1 atom stereocenters. The van der Waals surface area contributed by atoms with E-state index < -0.39 is 0 Å². The first-order chi connectivity index (χ1) is 12.7. The van der Waals surface area contributed by atoms with Gasteiger partial charge in [0.05, 0.1) is 18.8 Å². The molecule has 4 rings (SSSR count). The van der Waals surface area contributed by atoms with E-state index in [1.54, 1.807) is 6.20 Å². The lowest BCUT2D eigenvalue weighted by Gasteiger charge is -2.32. The second-order valence-corrected chi connectivity index (χ2v) is 6.59. The molecule has 0 radical (unpaired) electrons. The molecule has 0 spiro atoms. The molecular weight excluding hydrogens is 328 g/mol. The highest BCUT2D eigenvalue weighted by Gasteiger charge is 2.26. The Morgan fingerprint density at radius 2 is 2.23 bits per heavy atom. The van der Waals surface area contributed by atoms with E-state index in [1.807, 2.05) is 36.2 Å². The van der Waals surface area contributed by atoms with Gasteiger partial charge >= 0.3 is 0 Å². The average Bonchev–Trinajstić information content (AvgIpc) is 3.09. The van der Waals surface area contributed by atoms with Gasteiger partial charge in [-0.3, -0.25) is 4.79 Å². The number of nitrogens with one attached hydrogen (secondary N) is 1. The molecule has 1 aromatic carbocycles. The van der Waals surface area contributed by atoms with Crippen LogP contribution in [0.3, 0.4) is 0 Å². The van der Waals surface area contributed by atoms with E-state index in [9.17, 15) is 4.79 Å². The molecule has 134 valence electrons. The van der Waals surface area contributed by atoms with Crippen LogP contribution in [0, 0.1) is 6.92 Å². The molecule has 3 aromatic rings. The number of hydrogen-bond donors (Lipinski definition) is 1. The summed E-state index contributed by atoms with van der Waals surface area (Å²) >= 11 is 0. The summed E-state index contributed by atoms with van der Waals surface area (Å²) in [7, 11) is 0. The molecule has 2 aromatic heterocycles. The first-order valence-electron chi connectivity index (χ1n) is 8.94. The fourth-order valence-corrected chi connectivity index (χ4v) is 3.45. The van der Waals surface area contributed by atoms with Crippen molar-refractivity contribution in [2.75, 3.05) is 19.7 Å². The molecule has 1 fully saturated rings. The van der Waals surface area contributed by atoms with Crippen molar-refractivity contribution in [1.29, 1.82) is 0 Å². The molecule has 0 aliphatic carbocycles. The number of carbonyl (C=O) groups is 1. The number of morpholine rings is 1. The van der Waals surface area contributed by atoms with Gasteiger partial charge in [0.25, 0.3) is 0 Å². The van der Waals surface area contributed by atoms with E-state index in [4.69, 9.17) is 4.74 Å². The van der Waals surface area contributed by atoms with E-state index in [-0.39, 0.29) is 12.0 Å². The van der Waals surface area contributed by atoms with Crippen LogP contribution in [0.25, 0.3) is 10.9 Å². The Bertz CT molecular complexity index is 921. The summed E-state index contributed by atoms with van der Waals surface area (Å²) < 4.78 is 5.82. The Morgan fingerprint density at radius 3 is 3.12 bits per heavy atom. The number of amides is 1. The third-order valence-electron chi connectivity index (χ3n) is 4.83. The summed E-state index contributed by atoms with van der Waals surface area (Å²) in [5.41, 5.74) is 3.14. The minimum Gasteiger partial charge on any atom is -0.368 e. The van der Waals surface area contributed by atoms with Crippen LogP contribution in [0.15, 0.2) is 42.7 Å². The van der Waals surface area contributed by atoms with Crippen molar-refractivity contribution < 1.29 is 9.53 Å². The zero-order valence-corrected chi connectivity index (χ0v) is 14.8. The van der Waals surface area contributed by atoms with Crippen molar-refractivity contribution in [2.24, 2.45) is 0 Å². The van der Waals surface area contributed by atoms with Gasteiger partial charge in [-0.2, -0.15) is 0 Å². The Hall–Kier alpha value is -2.73. The molecule has 1 aliphatic heterocycles. The largest absolute Gasteiger partial charge is 0.368 e. The molecule has 0 saturated carbocycles. The van der Waals surface area contributed by atoms with Gasteiger partial charge in [-0.05, 0) is 31.0 Å². The van der Waals surface area contributed by atoms with E-state index in [1.165, 1.54) is 10.9 Å². The Labute approximate surface area is 152 Å². The van der Waals surface area contributed by atoms with Gasteiger partial charge in [0, 0.05) is 36.3 Å². The molecule has 1 aliphatic rings. The number of rotatable bonds is 4. The number of para-hydroxylation sites is 1. The number of ether oxygens (including phenoxy) is 1.